The van der Waals surface area contributed by atoms with Crippen LogP contribution in [0, 0.1) is 0 Å². The summed E-state index contributed by atoms with van der Waals surface area (Å²) in [5.74, 6) is -2.10. The zero-order valence-corrected chi connectivity index (χ0v) is 12.6. The van der Waals surface area contributed by atoms with E-state index in [1.807, 2.05) is 0 Å². The van der Waals surface area contributed by atoms with Gasteiger partial charge in [0.25, 0.3) is 0 Å². The van der Waals surface area contributed by atoms with E-state index in [1.54, 1.807) is 0 Å². The molecule has 0 spiro atoms. The average molecular weight is 314 g/mol. The van der Waals surface area contributed by atoms with Gasteiger partial charge in [0, 0.05) is 6.92 Å². The second-order valence-corrected chi connectivity index (χ2v) is 5.26. The number of ether oxygens (including phenoxy) is 4. The van der Waals surface area contributed by atoms with Crippen molar-refractivity contribution < 1.29 is 38.4 Å². The first-order valence-electron chi connectivity index (χ1n) is 6.72. The van der Waals surface area contributed by atoms with E-state index in [4.69, 9.17) is 18.9 Å². The minimum atomic E-state index is -1.34. The smallest absolute Gasteiger partial charge is 0.337 e. The van der Waals surface area contributed by atoms with Gasteiger partial charge in [-0.2, -0.15) is 0 Å². The van der Waals surface area contributed by atoms with Crippen molar-refractivity contribution in [1.29, 1.82) is 0 Å². The number of hydrogen-bond donors (Lipinski definition) is 1. The second-order valence-electron chi connectivity index (χ2n) is 5.26. The van der Waals surface area contributed by atoms with E-state index in [1.165, 1.54) is 21.1 Å². The number of rotatable bonds is 5. The first-order chi connectivity index (χ1) is 10.4. The van der Waals surface area contributed by atoms with Gasteiger partial charge < -0.3 is 24.1 Å². The molecular weight excluding hydrogens is 296 g/mol. The molecule has 0 amide bonds. The Labute approximate surface area is 127 Å². The molecule has 0 aromatic carbocycles. The summed E-state index contributed by atoms with van der Waals surface area (Å²) in [5.41, 5.74) is -2.76. The van der Waals surface area contributed by atoms with Crippen LogP contribution in [0.25, 0.3) is 0 Å². The lowest BCUT2D eigenvalue weighted by molar-refractivity contribution is -0.155. The van der Waals surface area contributed by atoms with Gasteiger partial charge in [-0.15, -0.1) is 0 Å². The molecule has 1 fully saturated rings. The highest BCUT2D eigenvalue weighted by Gasteiger charge is 2.65. The van der Waals surface area contributed by atoms with Crippen LogP contribution in [-0.2, 0) is 33.3 Å². The van der Waals surface area contributed by atoms with Crippen molar-refractivity contribution in [2.75, 3.05) is 27.4 Å². The molecule has 2 aliphatic rings. The molecule has 0 saturated carbocycles. The van der Waals surface area contributed by atoms with Gasteiger partial charge in [-0.1, -0.05) is 0 Å². The molecule has 2 bridgehead atoms. The normalized spacial score (nSPS) is 29.5. The molecular formula is C14H18O8. The fraction of sp³-hybridized carbons (Fsp3) is 0.643. The fourth-order valence-electron chi connectivity index (χ4n) is 3.05. The van der Waals surface area contributed by atoms with Gasteiger partial charge in [-0.05, 0) is 12.8 Å². The Morgan fingerprint density at radius 1 is 1.09 bits per heavy atom. The molecule has 122 valence electrons. The maximum atomic E-state index is 12.2. The number of fused-ring (bicyclic) bond motifs is 2. The Bertz CT molecular complexity index is 551. The lowest BCUT2D eigenvalue weighted by Crippen LogP contribution is -2.39. The van der Waals surface area contributed by atoms with Crippen LogP contribution < -0.4 is 0 Å². The highest BCUT2D eigenvalue weighted by atomic mass is 16.6. The Kier molecular flexibility index (Phi) is 4.25. The van der Waals surface area contributed by atoms with Gasteiger partial charge in [0.2, 0.25) is 0 Å². The number of methoxy groups -OCH3 is 2. The monoisotopic (exact) mass is 314 g/mol. The van der Waals surface area contributed by atoms with E-state index in [0.29, 0.717) is 12.8 Å². The molecule has 22 heavy (non-hydrogen) atoms. The molecule has 2 atom stereocenters. The van der Waals surface area contributed by atoms with Gasteiger partial charge in [-0.25, -0.2) is 9.59 Å². The summed E-state index contributed by atoms with van der Waals surface area (Å²) in [7, 11) is 2.33. The lowest BCUT2D eigenvalue weighted by Gasteiger charge is -2.26. The number of carbonyl (C=O) groups excluding carboxylic acids is 3. The van der Waals surface area contributed by atoms with Gasteiger partial charge in [-0.3, -0.25) is 4.79 Å². The van der Waals surface area contributed by atoms with Crippen molar-refractivity contribution in [2.45, 2.75) is 31.0 Å². The average Bonchev–Trinajstić information content (AvgIpc) is 3.03. The Morgan fingerprint density at radius 2 is 1.59 bits per heavy atom. The van der Waals surface area contributed by atoms with Crippen LogP contribution in [0.1, 0.15) is 19.8 Å². The summed E-state index contributed by atoms with van der Waals surface area (Å²) in [6.07, 6.45) is 0.613. The standard InChI is InChI=1S/C14H18O8/c1-8(16)21-7-14-5-4-13(6-15,22-14)9(11(17)19-2)10(14)12(18)20-3/h15H,4-7H2,1-3H3/t13-,14+/m0/s1. The third kappa shape index (κ3) is 2.28. The summed E-state index contributed by atoms with van der Waals surface area (Å²) in [6, 6.07) is 0. The summed E-state index contributed by atoms with van der Waals surface area (Å²) in [4.78, 5) is 35.3. The largest absolute Gasteiger partial charge is 0.466 e. The molecule has 2 rings (SSSR count). The van der Waals surface area contributed by atoms with Gasteiger partial charge in [0.1, 0.15) is 17.8 Å². The molecule has 0 aliphatic carbocycles. The zero-order chi connectivity index (χ0) is 16.5. The molecule has 8 heteroatoms. The van der Waals surface area contributed by atoms with Gasteiger partial charge in [0.15, 0.2) is 0 Å². The minimum absolute atomic E-state index is 0.0524. The van der Waals surface area contributed by atoms with Crippen LogP contribution in [0.15, 0.2) is 11.1 Å². The molecule has 0 unspecified atom stereocenters. The van der Waals surface area contributed by atoms with Crippen molar-refractivity contribution in [3.05, 3.63) is 11.1 Å². The van der Waals surface area contributed by atoms with E-state index in [-0.39, 0.29) is 17.8 Å². The number of aliphatic hydroxyl groups is 1. The van der Waals surface area contributed by atoms with Crippen molar-refractivity contribution in [2.24, 2.45) is 0 Å². The summed E-state index contributed by atoms with van der Waals surface area (Å²) >= 11 is 0. The Hall–Kier alpha value is -1.93. The van der Waals surface area contributed by atoms with Crippen LogP contribution in [0.2, 0.25) is 0 Å². The number of carbonyl (C=O) groups is 3. The Balaban J connectivity index is 2.56. The van der Waals surface area contributed by atoms with E-state index in [2.05, 4.69) is 0 Å². The molecule has 2 heterocycles. The molecule has 0 aromatic heterocycles. The van der Waals surface area contributed by atoms with Crippen LogP contribution >= 0.6 is 0 Å². The van der Waals surface area contributed by atoms with Crippen molar-refractivity contribution >= 4 is 17.9 Å². The molecule has 1 saturated heterocycles. The molecule has 0 radical (unpaired) electrons. The highest BCUT2D eigenvalue weighted by Crippen LogP contribution is 2.54. The summed E-state index contributed by atoms with van der Waals surface area (Å²) in [5, 5.41) is 9.70. The van der Waals surface area contributed by atoms with Crippen molar-refractivity contribution in [3.8, 4) is 0 Å². The van der Waals surface area contributed by atoms with E-state index < -0.39 is 35.7 Å². The lowest BCUT2D eigenvalue weighted by atomic mass is 9.77. The van der Waals surface area contributed by atoms with Crippen molar-refractivity contribution in [1.82, 2.24) is 0 Å². The topological polar surface area (TPSA) is 108 Å². The molecule has 2 aliphatic heterocycles. The van der Waals surface area contributed by atoms with Gasteiger partial charge >= 0.3 is 17.9 Å². The van der Waals surface area contributed by atoms with Gasteiger partial charge in [0.05, 0.1) is 32.0 Å². The Morgan fingerprint density at radius 3 is 2.05 bits per heavy atom. The predicted octanol–water partition coefficient (Wildman–Crippen LogP) is -0.514. The third-order valence-corrected chi connectivity index (χ3v) is 4.03. The van der Waals surface area contributed by atoms with Crippen LogP contribution in [0.3, 0.4) is 0 Å². The quantitative estimate of drug-likeness (QED) is 0.534. The second kappa shape index (κ2) is 5.69. The third-order valence-electron chi connectivity index (χ3n) is 4.03. The molecule has 1 N–H and O–H groups in total. The SMILES string of the molecule is COC(=O)C1=C(C(=O)OC)[C@]2(COC(C)=O)CC[C@@]1(CO)O2. The minimum Gasteiger partial charge on any atom is -0.466 e. The van der Waals surface area contributed by atoms with E-state index in [0.717, 1.165) is 0 Å². The summed E-state index contributed by atoms with van der Waals surface area (Å²) < 4.78 is 20.2. The van der Waals surface area contributed by atoms with Crippen molar-refractivity contribution in [3.63, 3.8) is 0 Å². The van der Waals surface area contributed by atoms with Crippen LogP contribution in [0.4, 0.5) is 0 Å². The zero-order valence-electron chi connectivity index (χ0n) is 12.6. The highest BCUT2D eigenvalue weighted by molar-refractivity contribution is 6.05. The maximum Gasteiger partial charge on any atom is 0.337 e. The van der Waals surface area contributed by atoms with E-state index >= 15 is 0 Å². The molecule has 8 nitrogen and oxygen atoms in total. The fourth-order valence-corrected chi connectivity index (χ4v) is 3.05. The van der Waals surface area contributed by atoms with Crippen LogP contribution in [0.5, 0.6) is 0 Å². The first-order valence-corrected chi connectivity index (χ1v) is 6.72. The first kappa shape index (κ1) is 16.4. The summed E-state index contributed by atoms with van der Waals surface area (Å²) in [6.45, 7) is 0.483. The maximum absolute atomic E-state index is 12.2. The van der Waals surface area contributed by atoms with E-state index in [9.17, 15) is 19.5 Å². The van der Waals surface area contributed by atoms with Crippen LogP contribution in [-0.4, -0.2) is 61.6 Å². The molecule has 0 aromatic rings. The number of esters is 3. The number of hydrogen-bond acceptors (Lipinski definition) is 8. The number of aliphatic hydroxyl groups excluding tert-OH is 1. The predicted molar refractivity (Wildman–Crippen MR) is 70.6 cm³/mol.